The summed E-state index contributed by atoms with van der Waals surface area (Å²) in [6.45, 7) is 6.29. The summed E-state index contributed by atoms with van der Waals surface area (Å²) in [5, 5.41) is 2.78. The van der Waals surface area contributed by atoms with E-state index in [4.69, 9.17) is 4.74 Å². The predicted octanol–water partition coefficient (Wildman–Crippen LogP) is 2.93. The maximum Gasteiger partial charge on any atom is 0.261 e. The van der Waals surface area contributed by atoms with Gasteiger partial charge in [-0.05, 0) is 38.0 Å². The molecule has 0 spiro atoms. The molecule has 2 aromatic carbocycles. The Kier molecular flexibility index (Phi) is 7.21. The van der Waals surface area contributed by atoms with Crippen LogP contribution in [0, 0.1) is 6.92 Å². The number of hydrogen-bond donors (Lipinski definition) is 1. The second-order valence-corrected chi connectivity index (χ2v) is 6.13. The van der Waals surface area contributed by atoms with E-state index in [9.17, 15) is 9.59 Å². The third-order valence-electron chi connectivity index (χ3n) is 4.16. The van der Waals surface area contributed by atoms with Crippen LogP contribution in [0.2, 0.25) is 0 Å². The van der Waals surface area contributed by atoms with E-state index in [1.807, 2.05) is 68.4 Å². The number of ether oxygens (including phenoxy) is 1. The summed E-state index contributed by atoms with van der Waals surface area (Å²) in [5.41, 5.74) is 1.93. The third kappa shape index (κ3) is 5.34. The lowest BCUT2D eigenvalue weighted by Gasteiger charge is -2.28. The fourth-order valence-electron chi connectivity index (χ4n) is 2.63. The van der Waals surface area contributed by atoms with Crippen LogP contribution in [0.15, 0.2) is 54.6 Å². The molecule has 0 aliphatic carbocycles. The Morgan fingerprint density at radius 1 is 1.08 bits per heavy atom. The number of para-hydroxylation sites is 1. The van der Waals surface area contributed by atoms with Crippen molar-refractivity contribution in [1.82, 2.24) is 10.2 Å². The first-order chi connectivity index (χ1) is 12.5. The first-order valence-corrected chi connectivity index (χ1v) is 8.82. The molecule has 2 aromatic rings. The minimum Gasteiger partial charge on any atom is -0.484 e. The molecule has 0 radical (unpaired) electrons. The van der Waals surface area contributed by atoms with Gasteiger partial charge in [0.1, 0.15) is 11.8 Å². The van der Waals surface area contributed by atoms with Gasteiger partial charge in [0, 0.05) is 13.1 Å². The number of hydrogen-bond acceptors (Lipinski definition) is 3. The molecular weight excluding hydrogens is 328 g/mol. The monoisotopic (exact) mass is 354 g/mol. The number of rotatable bonds is 8. The zero-order valence-corrected chi connectivity index (χ0v) is 15.6. The molecule has 1 atom stereocenters. The zero-order chi connectivity index (χ0) is 18.9. The standard InChI is InChI=1S/C21H26N2O3/c1-4-22-21(25)17(3)23(14-18-11-6-5-7-12-18)20(24)15-26-19-13-9-8-10-16(19)2/h5-13,17H,4,14-15H2,1-3H3,(H,22,25)/t17-/m1/s1. The summed E-state index contributed by atoms with van der Waals surface area (Å²) in [5.74, 6) is 0.273. The molecular formula is C21H26N2O3. The Bertz CT molecular complexity index is 731. The van der Waals surface area contributed by atoms with E-state index in [-0.39, 0.29) is 18.4 Å². The summed E-state index contributed by atoms with van der Waals surface area (Å²) >= 11 is 0. The number of likely N-dealkylation sites (N-methyl/N-ethyl adjacent to an activating group) is 1. The molecule has 0 aliphatic heterocycles. The van der Waals surface area contributed by atoms with E-state index in [0.29, 0.717) is 18.8 Å². The molecule has 5 heteroatoms. The molecule has 2 amide bonds. The van der Waals surface area contributed by atoms with Crippen LogP contribution in [0.25, 0.3) is 0 Å². The quantitative estimate of drug-likeness (QED) is 0.793. The molecule has 0 saturated carbocycles. The maximum atomic E-state index is 12.8. The van der Waals surface area contributed by atoms with Crippen LogP contribution in [0.4, 0.5) is 0 Å². The molecule has 26 heavy (non-hydrogen) atoms. The van der Waals surface area contributed by atoms with Crippen molar-refractivity contribution in [2.75, 3.05) is 13.2 Å². The van der Waals surface area contributed by atoms with Crippen LogP contribution in [0.1, 0.15) is 25.0 Å². The maximum absolute atomic E-state index is 12.8. The number of carbonyl (C=O) groups is 2. The molecule has 0 unspecified atom stereocenters. The molecule has 0 aromatic heterocycles. The van der Waals surface area contributed by atoms with Crippen molar-refractivity contribution in [1.29, 1.82) is 0 Å². The van der Waals surface area contributed by atoms with E-state index in [1.54, 1.807) is 11.8 Å². The second-order valence-electron chi connectivity index (χ2n) is 6.13. The van der Waals surface area contributed by atoms with Crippen molar-refractivity contribution in [2.24, 2.45) is 0 Å². The van der Waals surface area contributed by atoms with Crippen molar-refractivity contribution in [3.05, 3.63) is 65.7 Å². The Morgan fingerprint density at radius 3 is 2.38 bits per heavy atom. The minimum absolute atomic E-state index is 0.110. The number of nitrogens with zero attached hydrogens (tertiary/aromatic N) is 1. The first kappa shape index (κ1) is 19.5. The first-order valence-electron chi connectivity index (χ1n) is 8.82. The Balaban J connectivity index is 2.12. The van der Waals surface area contributed by atoms with E-state index in [1.165, 1.54) is 0 Å². The highest BCUT2D eigenvalue weighted by Gasteiger charge is 2.26. The van der Waals surface area contributed by atoms with E-state index in [0.717, 1.165) is 11.1 Å². The Morgan fingerprint density at radius 2 is 1.73 bits per heavy atom. The van der Waals surface area contributed by atoms with E-state index >= 15 is 0 Å². The van der Waals surface area contributed by atoms with Crippen LogP contribution < -0.4 is 10.1 Å². The van der Waals surface area contributed by atoms with Crippen LogP contribution in [-0.2, 0) is 16.1 Å². The van der Waals surface area contributed by atoms with Crippen LogP contribution in [0.3, 0.4) is 0 Å². The molecule has 0 fully saturated rings. The molecule has 138 valence electrons. The van der Waals surface area contributed by atoms with Gasteiger partial charge in [0.2, 0.25) is 5.91 Å². The fourth-order valence-corrected chi connectivity index (χ4v) is 2.63. The lowest BCUT2D eigenvalue weighted by Crippen LogP contribution is -2.49. The van der Waals surface area contributed by atoms with Crippen LogP contribution in [-0.4, -0.2) is 35.9 Å². The van der Waals surface area contributed by atoms with Gasteiger partial charge in [0.05, 0.1) is 0 Å². The predicted molar refractivity (Wildman–Crippen MR) is 102 cm³/mol. The van der Waals surface area contributed by atoms with Gasteiger partial charge in [-0.3, -0.25) is 9.59 Å². The average molecular weight is 354 g/mol. The molecule has 2 rings (SSSR count). The number of benzene rings is 2. The highest BCUT2D eigenvalue weighted by molar-refractivity contribution is 5.87. The third-order valence-corrected chi connectivity index (χ3v) is 4.16. The van der Waals surface area contributed by atoms with Crippen molar-refractivity contribution in [3.8, 4) is 5.75 Å². The zero-order valence-electron chi connectivity index (χ0n) is 15.6. The van der Waals surface area contributed by atoms with Crippen LogP contribution >= 0.6 is 0 Å². The van der Waals surface area contributed by atoms with Gasteiger partial charge in [0.25, 0.3) is 5.91 Å². The lowest BCUT2D eigenvalue weighted by molar-refractivity contribution is -0.142. The highest BCUT2D eigenvalue weighted by atomic mass is 16.5. The van der Waals surface area contributed by atoms with Gasteiger partial charge >= 0.3 is 0 Å². The van der Waals surface area contributed by atoms with Gasteiger partial charge in [-0.2, -0.15) is 0 Å². The molecule has 0 saturated heterocycles. The van der Waals surface area contributed by atoms with Crippen molar-refractivity contribution < 1.29 is 14.3 Å². The van der Waals surface area contributed by atoms with Crippen molar-refractivity contribution in [3.63, 3.8) is 0 Å². The molecule has 0 aliphatic rings. The molecule has 1 N–H and O–H groups in total. The average Bonchev–Trinajstić information content (AvgIpc) is 2.65. The molecule has 0 bridgehead atoms. The van der Waals surface area contributed by atoms with Gasteiger partial charge in [-0.15, -0.1) is 0 Å². The minimum atomic E-state index is -0.580. The van der Waals surface area contributed by atoms with Crippen molar-refractivity contribution >= 4 is 11.8 Å². The van der Waals surface area contributed by atoms with E-state index in [2.05, 4.69) is 5.32 Å². The topological polar surface area (TPSA) is 58.6 Å². The van der Waals surface area contributed by atoms with Crippen LogP contribution in [0.5, 0.6) is 5.75 Å². The summed E-state index contributed by atoms with van der Waals surface area (Å²) in [4.78, 5) is 26.6. The number of aryl methyl sites for hydroxylation is 1. The van der Waals surface area contributed by atoms with Gasteiger partial charge in [0.15, 0.2) is 6.61 Å². The van der Waals surface area contributed by atoms with E-state index < -0.39 is 6.04 Å². The fraction of sp³-hybridized carbons (Fsp3) is 0.333. The summed E-state index contributed by atoms with van der Waals surface area (Å²) < 4.78 is 5.68. The summed E-state index contributed by atoms with van der Waals surface area (Å²) in [6, 6.07) is 16.6. The Labute approximate surface area is 155 Å². The number of amides is 2. The normalized spacial score (nSPS) is 11.5. The molecule has 0 heterocycles. The van der Waals surface area contributed by atoms with Gasteiger partial charge in [-0.25, -0.2) is 0 Å². The Hall–Kier alpha value is -2.82. The highest BCUT2D eigenvalue weighted by Crippen LogP contribution is 2.17. The smallest absolute Gasteiger partial charge is 0.261 e. The van der Waals surface area contributed by atoms with Gasteiger partial charge in [-0.1, -0.05) is 48.5 Å². The SMILES string of the molecule is CCNC(=O)[C@@H](C)N(Cc1ccccc1)C(=O)COc1ccccc1C. The number of carbonyl (C=O) groups excluding carboxylic acids is 2. The number of nitrogens with one attached hydrogen (secondary N) is 1. The van der Waals surface area contributed by atoms with Gasteiger partial charge < -0.3 is 15.0 Å². The van der Waals surface area contributed by atoms with Crippen molar-refractivity contribution in [2.45, 2.75) is 33.4 Å². The summed E-state index contributed by atoms with van der Waals surface area (Å²) in [7, 11) is 0. The lowest BCUT2D eigenvalue weighted by atomic mass is 10.1. The molecule has 5 nitrogen and oxygen atoms in total. The second kappa shape index (κ2) is 9.61. The largest absolute Gasteiger partial charge is 0.484 e. The summed E-state index contributed by atoms with van der Waals surface area (Å²) in [6.07, 6.45) is 0.